The zero-order valence-corrected chi connectivity index (χ0v) is 12.5. The van der Waals surface area contributed by atoms with Crippen molar-refractivity contribution in [3.8, 4) is 0 Å². The minimum Gasteiger partial charge on any atom is -0.349 e. The number of rotatable bonds is 7. The Kier molecular flexibility index (Phi) is 5.03. The second-order valence-electron chi connectivity index (χ2n) is 5.76. The van der Waals surface area contributed by atoms with Gasteiger partial charge in [-0.3, -0.25) is 0 Å². The number of nitrogens with one attached hydrogen (secondary N) is 2. The van der Waals surface area contributed by atoms with Gasteiger partial charge in [0.05, 0.1) is 0 Å². The van der Waals surface area contributed by atoms with E-state index in [0.717, 1.165) is 25.2 Å². The maximum absolute atomic E-state index is 4.25. The zero-order valence-electron chi connectivity index (χ0n) is 12.5. The molecule has 1 saturated heterocycles. The van der Waals surface area contributed by atoms with Crippen LogP contribution in [-0.4, -0.2) is 47.1 Å². The molecule has 2 N–H and O–H groups in total. The number of aromatic amines is 1. The fourth-order valence-corrected chi connectivity index (χ4v) is 2.96. The molecule has 0 amide bonds. The van der Waals surface area contributed by atoms with Crippen molar-refractivity contribution in [3.05, 3.63) is 54.1 Å². The highest BCUT2D eigenvalue weighted by atomic mass is 15.2. The van der Waals surface area contributed by atoms with Gasteiger partial charge in [-0.1, -0.05) is 30.3 Å². The summed E-state index contributed by atoms with van der Waals surface area (Å²) >= 11 is 0. The minimum absolute atomic E-state index is 0.635. The van der Waals surface area contributed by atoms with E-state index in [1.165, 1.54) is 31.6 Å². The van der Waals surface area contributed by atoms with E-state index in [-0.39, 0.29) is 0 Å². The molecule has 0 saturated carbocycles. The molecular formula is C17H24N4. The maximum atomic E-state index is 4.25. The molecule has 1 fully saturated rings. The van der Waals surface area contributed by atoms with Crippen LogP contribution in [0.15, 0.2) is 42.7 Å². The van der Waals surface area contributed by atoms with Gasteiger partial charge in [0.1, 0.15) is 5.82 Å². The van der Waals surface area contributed by atoms with Crippen LogP contribution in [-0.2, 0) is 12.8 Å². The van der Waals surface area contributed by atoms with E-state index < -0.39 is 0 Å². The van der Waals surface area contributed by atoms with Crippen molar-refractivity contribution in [2.45, 2.75) is 25.3 Å². The lowest BCUT2D eigenvalue weighted by Gasteiger charge is -2.16. The third-order valence-corrected chi connectivity index (χ3v) is 4.18. The quantitative estimate of drug-likeness (QED) is 0.815. The van der Waals surface area contributed by atoms with Crippen LogP contribution in [0.4, 0.5) is 0 Å². The van der Waals surface area contributed by atoms with Crippen molar-refractivity contribution >= 4 is 0 Å². The smallest absolute Gasteiger partial charge is 0.107 e. The first-order valence-electron chi connectivity index (χ1n) is 7.88. The Morgan fingerprint density at radius 1 is 1.24 bits per heavy atom. The average Bonchev–Trinajstić information content (AvgIpc) is 3.18. The predicted molar refractivity (Wildman–Crippen MR) is 85.3 cm³/mol. The van der Waals surface area contributed by atoms with Gasteiger partial charge in [-0.25, -0.2) is 4.98 Å². The van der Waals surface area contributed by atoms with Crippen molar-refractivity contribution in [2.24, 2.45) is 0 Å². The van der Waals surface area contributed by atoms with E-state index >= 15 is 0 Å². The monoisotopic (exact) mass is 284 g/mol. The largest absolute Gasteiger partial charge is 0.349 e. The number of benzene rings is 1. The number of imidazole rings is 1. The fraction of sp³-hybridized carbons (Fsp3) is 0.471. The van der Waals surface area contributed by atoms with Crippen molar-refractivity contribution < 1.29 is 0 Å². The normalized spacial score (nSPS) is 19.1. The van der Waals surface area contributed by atoms with Crippen molar-refractivity contribution in [1.82, 2.24) is 20.2 Å². The van der Waals surface area contributed by atoms with E-state index in [4.69, 9.17) is 0 Å². The van der Waals surface area contributed by atoms with Crippen LogP contribution in [0.25, 0.3) is 0 Å². The third-order valence-electron chi connectivity index (χ3n) is 4.18. The lowest BCUT2D eigenvalue weighted by molar-refractivity contribution is 0.332. The second kappa shape index (κ2) is 7.38. The molecule has 2 heterocycles. The number of hydrogen-bond acceptors (Lipinski definition) is 3. The summed E-state index contributed by atoms with van der Waals surface area (Å²) in [6.45, 7) is 4.56. The highest BCUT2D eigenvalue weighted by Gasteiger charge is 2.21. The topological polar surface area (TPSA) is 44.0 Å². The van der Waals surface area contributed by atoms with Crippen LogP contribution in [0.5, 0.6) is 0 Å². The summed E-state index contributed by atoms with van der Waals surface area (Å²) in [6, 6.07) is 11.4. The maximum Gasteiger partial charge on any atom is 0.107 e. The molecule has 1 atom stereocenters. The number of nitrogens with zero attached hydrogens (tertiary/aromatic N) is 2. The van der Waals surface area contributed by atoms with Gasteiger partial charge >= 0.3 is 0 Å². The molecular weight excluding hydrogens is 260 g/mol. The molecule has 21 heavy (non-hydrogen) atoms. The van der Waals surface area contributed by atoms with E-state index in [9.17, 15) is 0 Å². The molecule has 1 aliphatic rings. The van der Waals surface area contributed by atoms with Crippen LogP contribution in [0.3, 0.4) is 0 Å². The molecule has 4 heteroatoms. The molecule has 1 aromatic carbocycles. The zero-order chi connectivity index (χ0) is 14.3. The number of hydrogen-bond donors (Lipinski definition) is 2. The van der Waals surface area contributed by atoms with Crippen LogP contribution in [0, 0.1) is 0 Å². The van der Waals surface area contributed by atoms with Crippen molar-refractivity contribution in [2.75, 3.05) is 26.2 Å². The summed E-state index contributed by atoms with van der Waals surface area (Å²) in [4.78, 5) is 9.97. The molecule has 0 bridgehead atoms. The summed E-state index contributed by atoms with van der Waals surface area (Å²) in [7, 11) is 0. The first-order valence-corrected chi connectivity index (χ1v) is 7.88. The highest BCUT2D eigenvalue weighted by molar-refractivity contribution is 5.14. The Balaban J connectivity index is 1.33. The molecule has 3 rings (SSSR count). The van der Waals surface area contributed by atoms with Crippen molar-refractivity contribution in [1.29, 1.82) is 0 Å². The first kappa shape index (κ1) is 14.3. The Labute approximate surface area is 126 Å². The van der Waals surface area contributed by atoms with Crippen molar-refractivity contribution in [3.63, 3.8) is 0 Å². The molecule has 0 aliphatic carbocycles. The second-order valence-corrected chi connectivity index (χ2v) is 5.76. The third kappa shape index (κ3) is 4.41. The summed E-state index contributed by atoms with van der Waals surface area (Å²) in [6.07, 6.45) is 7.09. The molecule has 112 valence electrons. The van der Waals surface area contributed by atoms with E-state index in [1.807, 2.05) is 12.4 Å². The predicted octanol–water partition coefficient (Wildman–Crippen LogP) is 1.86. The number of likely N-dealkylation sites (tertiary alicyclic amines) is 1. The lowest BCUT2D eigenvalue weighted by atomic mass is 10.1. The Morgan fingerprint density at radius 2 is 2.14 bits per heavy atom. The summed E-state index contributed by atoms with van der Waals surface area (Å²) < 4.78 is 0. The first-order chi connectivity index (χ1) is 10.4. The SMILES string of the molecule is c1ccc(CCN2CCC(NCCc3ncc[nH]3)C2)cc1. The van der Waals surface area contributed by atoms with Crippen LogP contribution < -0.4 is 5.32 Å². The van der Waals surface area contributed by atoms with E-state index in [0.29, 0.717) is 6.04 Å². The van der Waals surface area contributed by atoms with Crippen LogP contribution in [0.1, 0.15) is 17.8 Å². The highest BCUT2D eigenvalue weighted by Crippen LogP contribution is 2.10. The van der Waals surface area contributed by atoms with Gasteiger partial charge in [0, 0.05) is 44.5 Å². The molecule has 1 aromatic heterocycles. The summed E-state index contributed by atoms with van der Waals surface area (Å²) in [5.41, 5.74) is 1.44. The standard InChI is InChI=1S/C17H24N4/c1-2-4-15(5-3-1)7-12-21-13-8-16(14-21)18-9-6-17-19-10-11-20-17/h1-5,10-11,16,18H,6-9,12-14H2,(H,19,20). The minimum atomic E-state index is 0.635. The Bertz CT molecular complexity index is 509. The van der Waals surface area contributed by atoms with Gasteiger partial charge in [0.25, 0.3) is 0 Å². The lowest BCUT2D eigenvalue weighted by Crippen LogP contribution is -2.34. The summed E-state index contributed by atoms with van der Waals surface area (Å²) in [5, 5.41) is 3.65. The molecule has 4 nitrogen and oxygen atoms in total. The molecule has 2 aromatic rings. The van der Waals surface area contributed by atoms with Crippen LogP contribution in [0.2, 0.25) is 0 Å². The van der Waals surface area contributed by atoms with Crippen LogP contribution >= 0.6 is 0 Å². The fourth-order valence-electron chi connectivity index (χ4n) is 2.96. The summed E-state index contributed by atoms with van der Waals surface area (Å²) in [5.74, 6) is 1.07. The van der Waals surface area contributed by atoms with Gasteiger partial charge in [-0.2, -0.15) is 0 Å². The van der Waals surface area contributed by atoms with E-state index in [1.54, 1.807) is 0 Å². The number of aromatic nitrogens is 2. The van der Waals surface area contributed by atoms with Gasteiger partial charge in [0.2, 0.25) is 0 Å². The van der Waals surface area contributed by atoms with Gasteiger partial charge in [-0.15, -0.1) is 0 Å². The number of H-pyrrole nitrogens is 1. The van der Waals surface area contributed by atoms with Gasteiger partial charge < -0.3 is 15.2 Å². The van der Waals surface area contributed by atoms with Gasteiger partial charge in [-0.05, 0) is 24.9 Å². The molecule has 0 radical (unpaired) electrons. The van der Waals surface area contributed by atoms with Gasteiger partial charge in [0.15, 0.2) is 0 Å². The molecule has 1 unspecified atom stereocenters. The molecule has 0 spiro atoms. The Morgan fingerprint density at radius 3 is 2.95 bits per heavy atom. The molecule has 1 aliphatic heterocycles. The average molecular weight is 284 g/mol. The van der Waals surface area contributed by atoms with E-state index in [2.05, 4.69) is 50.5 Å². The Hall–Kier alpha value is -1.65.